The molecule has 0 aliphatic heterocycles. The summed E-state index contributed by atoms with van der Waals surface area (Å²) in [4.78, 5) is 12.2. The Morgan fingerprint density at radius 3 is 2.64 bits per heavy atom. The molecule has 1 rings (SSSR count). The number of halogens is 1. The minimum absolute atomic E-state index is 0.0345. The van der Waals surface area contributed by atoms with Gasteiger partial charge in [0.25, 0.3) is 0 Å². The highest BCUT2D eigenvalue weighted by Gasteiger charge is 2.14. The Bertz CT molecular complexity index is 357. The van der Waals surface area contributed by atoms with E-state index in [1.54, 1.807) is 6.07 Å². The minimum Gasteiger partial charge on any atom is -0.292 e. The summed E-state index contributed by atoms with van der Waals surface area (Å²) in [7, 11) is -1.05. The normalized spacial score (nSPS) is 13.1. The molecule has 0 amide bonds. The van der Waals surface area contributed by atoms with Gasteiger partial charge in [-0.3, -0.25) is 9.00 Å². The van der Waals surface area contributed by atoms with Gasteiger partial charge in [-0.15, -0.1) is 11.3 Å². The summed E-state index contributed by atoms with van der Waals surface area (Å²) in [5.74, 6) is 0.0951. The average Bonchev–Trinajstić information content (AvgIpc) is 2.51. The van der Waals surface area contributed by atoms with Crippen LogP contribution >= 0.6 is 27.3 Å². The van der Waals surface area contributed by atoms with Crippen molar-refractivity contribution in [1.29, 1.82) is 0 Å². The van der Waals surface area contributed by atoms with Gasteiger partial charge in [0.15, 0.2) is 5.78 Å². The Balaban J connectivity index is 2.64. The summed E-state index contributed by atoms with van der Waals surface area (Å²) < 4.78 is 12.3. The molecule has 1 aromatic heterocycles. The van der Waals surface area contributed by atoms with Gasteiger partial charge in [0, 0.05) is 16.0 Å². The van der Waals surface area contributed by atoms with Crippen LogP contribution in [0, 0.1) is 0 Å². The van der Waals surface area contributed by atoms with Crippen LogP contribution in [0.5, 0.6) is 0 Å². The van der Waals surface area contributed by atoms with E-state index < -0.39 is 10.8 Å². The molecule has 0 aliphatic rings. The third-order valence-corrected chi connectivity index (χ3v) is 4.91. The van der Waals surface area contributed by atoms with Gasteiger partial charge in [-0.05, 0) is 28.1 Å². The molecule has 14 heavy (non-hydrogen) atoms. The number of hydrogen-bond donors (Lipinski definition) is 0. The van der Waals surface area contributed by atoms with E-state index in [4.69, 9.17) is 0 Å². The molecule has 0 spiro atoms. The van der Waals surface area contributed by atoms with Gasteiger partial charge in [0.1, 0.15) is 0 Å². The van der Waals surface area contributed by atoms with Crippen LogP contribution in [-0.4, -0.2) is 21.0 Å². The molecule has 1 unspecified atom stereocenters. The SMILES string of the molecule is CC(C)S(=O)CC(=O)c1ccc(Br)s1. The highest BCUT2D eigenvalue weighted by atomic mass is 79.9. The topological polar surface area (TPSA) is 34.1 Å². The molecule has 2 nitrogen and oxygen atoms in total. The molecule has 1 heterocycles. The Hall–Kier alpha value is -0.0000000000000000833. The third-order valence-electron chi connectivity index (χ3n) is 1.65. The van der Waals surface area contributed by atoms with Crippen LogP contribution < -0.4 is 0 Å². The van der Waals surface area contributed by atoms with Crippen molar-refractivity contribution in [1.82, 2.24) is 0 Å². The summed E-state index contributed by atoms with van der Waals surface area (Å²) in [5, 5.41) is 0.0438. The van der Waals surface area contributed by atoms with Crippen LogP contribution in [0.1, 0.15) is 23.5 Å². The number of Topliss-reactive ketones (excluding diaryl/α,β-unsaturated/α-hetero) is 1. The summed E-state index contributed by atoms with van der Waals surface area (Å²) in [6.45, 7) is 3.71. The molecule has 5 heteroatoms. The molecule has 0 aliphatic carbocycles. The molecule has 1 aromatic rings. The van der Waals surface area contributed by atoms with E-state index in [2.05, 4.69) is 15.9 Å². The molecule has 78 valence electrons. The third kappa shape index (κ3) is 3.29. The fourth-order valence-corrected chi connectivity index (χ4v) is 2.99. The van der Waals surface area contributed by atoms with E-state index in [1.165, 1.54) is 11.3 Å². The number of hydrogen-bond acceptors (Lipinski definition) is 3. The molecule has 1 atom stereocenters. The first-order chi connectivity index (χ1) is 6.50. The molecular formula is C9H11BrO2S2. The van der Waals surface area contributed by atoms with Crippen molar-refractivity contribution in [3.05, 3.63) is 20.8 Å². The fourth-order valence-electron chi connectivity index (χ4n) is 0.831. The van der Waals surface area contributed by atoms with Crippen LogP contribution in [0.3, 0.4) is 0 Å². The zero-order chi connectivity index (χ0) is 10.7. The lowest BCUT2D eigenvalue weighted by Crippen LogP contribution is -2.16. The van der Waals surface area contributed by atoms with Gasteiger partial charge in [0.2, 0.25) is 0 Å². The predicted molar refractivity (Wildman–Crippen MR) is 64.5 cm³/mol. The van der Waals surface area contributed by atoms with Crippen molar-refractivity contribution in [3.63, 3.8) is 0 Å². The number of carbonyl (C=O) groups is 1. The number of thiophene rings is 1. The van der Waals surface area contributed by atoms with Crippen molar-refractivity contribution in [2.75, 3.05) is 5.75 Å². The first kappa shape index (κ1) is 12.1. The van der Waals surface area contributed by atoms with E-state index in [0.29, 0.717) is 4.88 Å². The monoisotopic (exact) mass is 294 g/mol. The zero-order valence-electron chi connectivity index (χ0n) is 7.95. The lowest BCUT2D eigenvalue weighted by molar-refractivity contribution is 0.102. The molecule has 0 saturated heterocycles. The zero-order valence-corrected chi connectivity index (χ0v) is 11.2. The second-order valence-corrected chi connectivity index (χ2v) is 7.56. The van der Waals surface area contributed by atoms with E-state index >= 15 is 0 Å². The lowest BCUT2D eigenvalue weighted by atomic mass is 10.4. The van der Waals surface area contributed by atoms with Crippen LogP contribution in [-0.2, 0) is 10.8 Å². The molecular weight excluding hydrogens is 284 g/mol. The largest absolute Gasteiger partial charge is 0.292 e. The van der Waals surface area contributed by atoms with Crippen LogP contribution in [0.25, 0.3) is 0 Å². The maximum Gasteiger partial charge on any atom is 0.185 e. The molecule has 0 fully saturated rings. The lowest BCUT2D eigenvalue weighted by Gasteiger charge is -2.02. The summed E-state index contributed by atoms with van der Waals surface area (Å²) in [5.41, 5.74) is 0. The van der Waals surface area contributed by atoms with E-state index in [9.17, 15) is 9.00 Å². The van der Waals surface area contributed by atoms with Gasteiger partial charge in [0.05, 0.1) is 14.4 Å². The quantitative estimate of drug-likeness (QED) is 0.800. The number of carbonyl (C=O) groups excluding carboxylic acids is 1. The maximum absolute atomic E-state index is 11.6. The predicted octanol–water partition coefficient (Wildman–Crippen LogP) is 2.85. The Morgan fingerprint density at radius 1 is 1.57 bits per heavy atom. The highest BCUT2D eigenvalue weighted by molar-refractivity contribution is 9.11. The van der Waals surface area contributed by atoms with Crippen LogP contribution in [0.15, 0.2) is 15.9 Å². The second kappa shape index (κ2) is 5.19. The average molecular weight is 295 g/mol. The van der Waals surface area contributed by atoms with E-state index in [1.807, 2.05) is 19.9 Å². The maximum atomic E-state index is 11.6. The first-order valence-corrected chi connectivity index (χ1v) is 7.15. The highest BCUT2D eigenvalue weighted by Crippen LogP contribution is 2.22. The molecule has 0 radical (unpaired) electrons. The van der Waals surface area contributed by atoms with E-state index in [0.717, 1.165) is 3.79 Å². The van der Waals surface area contributed by atoms with Crippen molar-refractivity contribution in [2.24, 2.45) is 0 Å². The van der Waals surface area contributed by atoms with Gasteiger partial charge in [-0.2, -0.15) is 0 Å². The van der Waals surface area contributed by atoms with Crippen molar-refractivity contribution >= 4 is 43.8 Å². The smallest absolute Gasteiger partial charge is 0.185 e. The van der Waals surface area contributed by atoms with Crippen LogP contribution in [0.4, 0.5) is 0 Å². The molecule has 0 bridgehead atoms. The van der Waals surface area contributed by atoms with Crippen molar-refractivity contribution in [3.8, 4) is 0 Å². The Kier molecular flexibility index (Phi) is 4.47. The standard InChI is InChI=1S/C9H11BrO2S2/c1-6(2)14(12)5-7(11)8-3-4-9(10)13-8/h3-4,6H,5H2,1-2H3. The van der Waals surface area contributed by atoms with Crippen LogP contribution in [0.2, 0.25) is 0 Å². The Labute approximate surface area is 98.3 Å². The second-order valence-electron chi connectivity index (χ2n) is 3.10. The van der Waals surface area contributed by atoms with Gasteiger partial charge in [-0.1, -0.05) is 13.8 Å². The summed E-state index contributed by atoms with van der Waals surface area (Å²) >= 11 is 4.67. The van der Waals surface area contributed by atoms with Gasteiger partial charge >= 0.3 is 0 Å². The number of rotatable bonds is 4. The summed E-state index contributed by atoms with van der Waals surface area (Å²) in [6.07, 6.45) is 0. The van der Waals surface area contributed by atoms with E-state index in [-0.39, 0.29) is 16.8 Å². The fraction of sp³-hybridized carbons (Fsp3) is 0.444. The summed E-state index contributed by atoms with van der Waals surface area (Å²) in [6, 6.07) is 3.59. The molecule has 0 aromatic carbocycles. The first-order valence-electron chi connectivity index (χ1n) is 4.16. The Morgan fingerprint density at radius 2 is 2.21 bits per heavy atom. The minimum atomic E-state index is -1.05. The number of ketones is 1. The van der Waals surface area contributed by atoms with Gasteiger partial charge in [-0.25, -0.2) is 0 Å². The van der Waals surface area contributed by atoms with Crippen molar-refractivity contribution in [2.45, 2.75) is 19.1 Å². The van der Waals surface area contributed by atoms with Crippen molar-refractivity contribution < 1.29 is 9.00 Å². The molecule has 0 N–H and O–H groups in total. The molecule has 0 saturated carbocycles. The van der Waals surface area contributed by atoms with Gasteiger partial charge < -0.3 is 0 Å².